The second-order valence-corrected chi connectivity index (χ2v) is 11.5. The number of hydrogen-bond acceptors (Lipinski definition) is 4. The van der Waals surface area contributed by atoms with E-state index in [4.69, 9.17) is 9.47 Å². The number of aryl methyl sites for hydroxylation is 2. The maximum absolute atomic E-state index is 12.8. The molecule has 0 bridgehead atoms. The third-order valence-electron chi connectivity index (χ3n) is 7.71. The molecule has 0 aromatic heterocycles. The van der Waals surface area contributed by atoms with Crippen LogP contribution in [0.15, 0.2) is 30.3 Å². The first kappa shape index (κ1) is 27.7. The van der Waals surface area contributed by atoms with Gasteiger partial charge in [0.15, 0.2) is 6.10 Å². The molecule has 0 saturated heterocycles. The number of aliphatic carboxylic acids is 1. The van der Waals surface area contributed by atoms with Crippen LogP contribution in [0.1, 0.15) is 72.2 Å². The van der Waals surface area contributed by atoms with Gasteiger partial charge in [0.25, 0.3) is 0 Å². The molecule has 1 heterocycles. The van der Waals surface area contributed by atoms with Crippen LogP contribution in [0.2, 0.25) is 0 Å². The topological polar surface area (TPSA) is 67.8 Å². The number of hydrogen-bond donors (Lipinski definition) is 2. The Morgan fingerprint density at radius 2 is 1.68 bits per heavy atom. The van der Waals surface area contributed by atoms with E-state index in [0.29, 0.717) is 5.56 Å². The van der Waals surface area contributed by atoms with Crippen molar-refractivity contribution in [1.29, 1.82) is 0 Å². The highest BCUT2D eigenvalue weighted by Crippen LogP contribution is 2.48. The Hall–Kier alpha value is -3.31. The quantitative estimate of drug-likeness (QED) is 0.350. The van der Waals surface area contributed by atoms with E-state index in [1.165, 1.54) is 16.7 Å². The van der Waals surface area contributed by atoms with Crippen molar-refractivity contribution in [2.45, 2.75) is 79.9 Å². The van der Waals surface area contributed by atoms with E-state index in [-0.39, 0.29) is 0 Å². The molecule has 0 spiro atoms. The lowest BCUT2D eigenvalue weighted by Crippen LogP contribution is -2.28. The van der Waals surface area contributed by atoms with Gasteiger partial charge in [-0.15, -0.1) is 0 Å². The normalized spacial score (nSPS) is 14.0. The van der Waals surface area contributed by atoms with Crippen molar-refractivity contribution in [2.75, 3.05) is 19.0 Å². The minimum atomic E-state index is -1.13. The number of nitrogens with one attached hydrogen (secondary N) is 1. The highest BCUT2D eigenvalue weighted by atomic mass is 16.5. The molecule has 0 saturated carbocycles. The zero-order valence-corrected chi connectivity index (χ0v) is 24.3. The van der Waals surface area contributed by atoms with Crippen LogP contribution in [0, 0.1) is 34.6 Å². The fraction of sp³-hybridized carbons (Fsp3) is 0.424. The van der Waals surface area contributed by atoms with Gasteiger partial charge in [-0.3, -0.25) is 0 Å². The smallest absolute Gasteiger partial charge is 0.337 e. The lowest BCUT2D eigenvalue weighted by atomic mass is 9.80. The van der Waals surface area contributed by atoms with Crippen LogP contribution in [0.4, 0.5) is 5.69 Å². The lowest BCUT2D eigenvalue weighted by Gasteiger charge is -2.32. The zero-order chi connectivity index (χ0) is 27.9. The van der Waals surface area contributed by atoms with Gasteiger partial charge in [-0.1, -0.05) is 24.3 Å². The van der Waals surface area contributed by atoms with Crippen molar-refractivity contribution >= 4 is 11.7 Å². The second kappa shape index (κ2) is 10.5. The third-order valence-corrected chi connectivity index (χ3v) is 7.71. The number of carboxylic acid groups (broad SMARTS) is 1. The highest BCUT2D eigenvalue weighted by Gasteiger charge is 2.34. The largest absolute Gasteiger partial charge is 0.493 e. The molecular formula is C33H41NO4. The molecule has 2 N–H and O–H groups in total. The molecule has 1 aliphatic heterocycles. The van der Waals surface area contributed by atoms with Gasteiger partial charge in [0.2, 0.25) is 0 Å². The molecule has 0 aliphatic carbocycles. The van der Waals surface area contributed by atoms with Crippen molar-refractivity contribution in [3.63, 3.8) is 0 Å². The molecule has 202 valence electrons. The van der Waals surface area contributed by atoms with Gasteiger partial charge in [0.1, 0.15) is 5.75 Å². The predicted octanol–water partition coefficient (Wildman–Crippen LogP) is 7.87. The van der Waals surface area contributed by atoms with Gasteiger partial charge >= 0.3 is 5.97 Å². The van der Waals surface area contributed by atoms with E-state index >= 15 is 0 Å². The first-order valence-corrected chi connectivity index (χ1v) is 13.4. The van der Waals surface area contributed by atoms with Gasteiger partial charge in [0.05, 0.1) is 12.2 Å². The number of carbonyl (C=O) groups is 1. The summed E-state index contributed by atoms with van der Waals surface area (Å²) in [6.45, 7) is 16.9. The summed E-state index contributed by atoms with van der Waals surface area (Å²) in [7, 11) is 1.90. The number of rotatable bonds is 6. The maximum Gasteiger partial charge on any atom is 0.337 e. The van der Waals surface area contributed by atoms with Crippen LogP contribution in [0.5, 0.6) is 5.75 Å². The Kier molecular flexibility index (Phi) is 7.62. The van der Waals surface area contributed by atoms with Crippen molar-refractivity contribution in [1.82, 2.24) is 0 Å². The Balaban J connectivity index is 2.15. The Bertz CT molecular complexity index is 1400. The molecule has 38 heavy (non-hydrogen) atoms. The monoisotopic (exact) mass is 515 g/mol. The van der Waals surface area contributed by atoms with Gasteiger partial charge in [-0.05, 0) is 124 Å². The first-order valence-electron chi connectivity index (χ1n) is 13.4. The summed E-state index contributed by atoms with van der Waals surface area (Å²) in [6, 6.07) is 10.6. The first-order chi connectivity index (χ1) is 17.9. The number of anilines is 1. The summed E-state index contributed by atoms with van der Waals surface area (Å²) in [5, 5.41) is 13.9. The molecule has 0 radical (unpaired) electrons. The molecule has 4 rings (SSSR count). The summed E-state index contributed by atoms with van der Waals surface area (Å²) in [5.41, 5.74) is 11.8. The average molecular weight is 516 g/mol. The minimum Gasteiger partial charge on any atom is -0.493 e. The molecule has 0 amide bonds. The van der Waals surface area contributed by atoms with Crippen molar-refractivity contribution in [3.05, 3.63) is 69.3 Å². The SMILES string of the molecule is CNc1c(C)c(C(OC(C)(C)C)C(=O)O)c(-c2ccc3c(c2C)CCCO3)c(C)c1-c1ccc(C)c(C)c1. The molecule has 5 heteroatoms. The van der Waals surface area contributed by atoms with E-state index in [1.54, 1.807) is 0 Å². The highest BCUT2D eigenvalue weighted by molar-refractivity contribution is 5.95. The maximum atomic E-state index is 12.8. The van der Waals surface area contributed by atoms with Crippen LogP contribution < -0.4 is 10.1 Å². The summed E-state index contributed by atoms with van der Waals surface area (Å²) in [5.74, 6) is -0.0704. The van der Waals surface area contributed by atoms with Crippen LogP contribution in [0.25, 0.3) is 22.3 Å². The summed E-state index contributed by atoms with van der Waals surface area (Å²) in [6.07, 6.45) is 0.790. The molecule has 5 nitrogen and oxygen atoms in total. The summed E-state index contributed by atoms with van der Waals surface area (Å²) >= 11 is 0. The second-order valence-electron chi connectivity index (χ2n) is 11.5. The average Bonchev–Trinajstić information content (AvgIpc) is 2.85. The van der Waals surface area contributed by atoms with Gasteiger partial charge in [-0.2, -0.15) is 0 Å². The molecule has 0 fully saturated rings. The zero-order valence-electron chi connectivity index (χ0n) is 24.3. The van der Waals surface area contributed by atoms with Crippen LogP contribution in [-0.4, -0.2) is 30.3 Å². The van der Waals surface area contributed by atoms with Crippen molar-refractivity contribution in [3.8, 4) is 28.0 Å². The van der Waals surface area contributed by atoms with E-state index in [1.807, 2.05) is 40.8 Å². The van der Waals surface area contributed by atoms with E-state index in [0.717, 1.165) is 69.8 Å². The Morgan fingerprint density at radius 1 is 0.974 bits per heavy atom. The number of fused-ring (bicyclic) bond motifs is 1. The minimum absolute atomic E-state index is 0.647. The van der Waals surface area contributed by atoms with E-state index in [9.17, 15) is 9.90 Å². The fourth-order valence-corrected chi connectivity index (χ4v) is 5.74. The fourth-order valence-electron chi connectivity index (χ4n) is 5.74. The lowest BCUT2D eigenvalue weighted by molar-refractivity contribution is -0.160. The van der Waals surface area contributed by atoms with E-state index < -0.39 is 17.7 Å². The van der Waals surface area contributed by atoms with E-state index in [2.05, 4.69) is 57.3 Å². The molecule has 3 aromatic carbocycles. The van der Waals surface area contributed by atoms with Crippen LogP contribution >= 0.6 is 0 Å². The van der Waals surface area contributed by atoms with Crippen molar-refractivity contribution in [2.24, 2.45) is 0 Å². The number of benzene rings is 3. The van der Waals surface area contributed by atoms with Gasteiger partial charge in [0, 0.05) is 23.9 Å². The van der Waals surface area contributed by atoms with Gasteiger partial charge in [-0.25, -0.2) is 4.79 Å². The van der Waals surface area contributed by atoms with Crippen LogP contribution in [0.3, 0.4) is 0 Å². The molecular weight excluding hydrogens is 474 g/mol. The molecule has 3 aromatic rings. The van der Waals surface area contributed by atoms with Gasteiger partial charge < -0.3 is 19.9 Å². The number of ether oxygens (including phenoxy) is 2. The summed E-state index contributed by atoms with van der Waals surface area (Å²) in [4.78, 5) is 12.8. The summed E-state index contributed by atoms with van der Waals surface area (Å²) < 4.78 is 12.2. The van der Waals surface area contributed by atoms with Crippen molar-refractivity contribution < 1.29 is 19.4 Å². The number of carboxylic acids is 1. The molecule has 1 aliphatic rings. The Morgan fingerprint density at radius 3 is 2.29 bits per heavy atom. The Labute approximate surface area is 227 Å². The van der Waals surface area contributed by atoms with Crippen LogP contribution in [-0.2, 0) is 16.0 Å². The third kappa shape index (κ3) is 5.04. The standard InChI is InChI=1S/C33H41NO4/c1-18-12-13-23(17-19(18)2)27-21(4)28(25-14-15-26-24(20(25)3)11-10-16-37-26)29(22(5)30(27)34-9)31(32(35)36)38-33(6,7)8/h12-15,17,31,34H,10-11,16H2,1-9H3,(H,35,36). The molecule has 1 unspecified atom stereocenters. The molecule has 1 atom stereocenters. The predicted molar refractivity (Wildman–Crippen MR) is 156 cm³/mol.